The third-order valence-electron chi connectivity index (χ3n) is 8.82. The summed E-state index contributed by atoms with van der Waals surface area (Å²) in [6.07, 6.45) is 0. The van der Waals surface area contributed by atoms with Crippen molar-refractivity contribution in [2.24, 2.45) is 63.1 Å². The van der Waals surface area contributed by atoms with E-state index in [0.717, 1.165) is 0 Å². The summed E-state index contributed by atoms with van der Waals surface area (Å²) in [5.74, 6) is 3.36. The zero-order chi connectivity index (χ0) is 12.0. The first-order valence-corrected chi connectivity index (χ1v) is 7.01. The lowest BCUT2D eigenvalue weighted by Gasteiger charge is -2.85. The van der Waals surface area contributed by atoms with Crippen LogP contribution in [-0.2, 0) is 4.79 Å². The molecular weight excluding hydrogens is 224 g/mol. The number of carbonyl (C=O) groups is 1. The molecule has 3 heteroatoms. The van der Waals surface area contributed by atoms with Crippen molar-refractivity contribution in [3.05, 3.63) is 0 Å². The van der Waals surface area contributed by atoms with Gasteiger partial charge in [0.15, 0.2) is 5.78 Å². The van der Waals surface area contributed by atoms with Gasteiger partial charge in [0.2, 0.25) is 0 Å². The van der Waals surface area contributed by atoms with Gasteiger partial charge in [-0.2, -0.15) is 10.5 Å². The Labute approximate surface area is 104 Å². The Morgan fingerprint density at radius 1 is 1.11 bits per heavy atom. The zero-order valence-electron chi connectivity index (χ0n) is 9.84. The van der Waals surface area contributed by atoms with E-state index in [0.29, 0.717) is 46.3 Å². The van der Waals surface area contributed by atoms with Crippen LogP contribution in [0.5, 0.6) is 0 Å². The number of Topliss-reactive ketones (excluding diaryl/α,β-unsaturated/α-hetero) is 1. The topological polar surface area (TPSA) is 64.7 Å². The van der Waals surface area contributed by atoms with Crippen molar-refractivity contribution in [1.82, 2.24) is 0 Å². The molecule has 86 valence electrons. The molecule has 7 aliphatic carbocycles. The molecule has 0 amide bonds. The van der Waals surface area contributed by atoms with Crippen molar-refractivity contribution < 1.29 is 4.79 Å². The van der Waals surface area contributed by atoms with Gasteiger partial charge in [-0.15, -0.1) is 0 Å². The number of hydrogen-bond acceptors (Lipinski definition) is 3. The van der Waals surface area contributed by atoms with Crippen molar-refractivity contribution in [2.75, 3.05) is 0 Å². The number of hydrogen-bond donors (Lipinski definition) is 0. The molecule has 18 heavy (non-hydrogen) atoms. The molecule has 0 saturated heterocycles. The van der Waals surface area contributed by atoms with Gasteiger partial charge in [0.1, 0.15) is 5.92 Å². The van der Waals surface area contributed by atoms with E-state index in [-0.39, 0.29) is 16.6 Å². The van der Waals surface area contributed by atoms with Gasteiger partial charge >= 0.3 is 0 Å². The molecule has 7 fully saturated rings. The van der Waals surface area contributed by atoms with Gasteiger partial charge in [0.25, 0.3) is 0 Å². The second-order valence-corrected chi connectivity index (χ2v) is 7.97. The van der Waals surface area contributed by atoms with Crippen LogP contribution >= 0.6 is 0 Å². The van der Waals surface area contributed by atoms with Crippen molar-refractivity contribution in [1.29, 1.82) is 10.5 Å². The second kappa shape index (κ2) is 1.42. The number of carbonyl (C=O) groups excluding carboxylic acids is 1. The monoisotopic (exact) mass is 234 g/mol. The van der Waals surface area contributed by atoms with Gasteiger partial charge in [-0.1, -0.05) is 0 Å². The first-order chi connectivity index (χ1) is 8.66. The van der Waals surface area contributed by atoms with Crippen LogP contribution in [0.1, 0.15) is 6.92 Å². The molecule has 7 aliphatic rings. The van der Waals surface area contributed by atoms with Gasteiger partial charge in [-0.05, 0) is 53.3 Å². The molecule has 0 aromatic carbocycles. The molecule has 0 aromatic rings. The van der Waals surface area contributed by atoms with Crippen molar-refractivity contribution in [2.45, 2.75) is 6.92 Å². The maximum atomic E-state index is 12.6. The number of fused-ring (bicyclic) bond motifs is 6. The van der Waals surface area contributed by atoms with E-state index >= 15 is 0 Å². The van der Waals surface area contributed by atoms with E-state index < -0.39 is 5.92 Å². The lowest BCUT2D eigenvalue weighted by Crippen LogP contribution is -2.86. The van der Waals surface area contributed by atoms with Crippen LogP contribution in [0.15, 0.2) is 0 Å². The van der Waals surface area contributed by atoms with E-state index in [1.54, 1.807) is 6.92 Å². The number of ketones is 1. The van der Waals surface area contributed by atoms with Crippen LogP contribution < -0.4 is 0 Å². The van der Waals surface area contributed by atoms with Gasteiger partial charge in [0, 0.05) is 5.41 Å². The lowest BCUT2D eigenvalue weighted by molar-refractivity contribution is -0.394. The van der Waals surface area contributed by atoms with Crippen LogP contribution in [0.2, 0.25) is 0 Å². The molecule has 0 aliphatic heterocycles. The Morgan fingerprint density at radius 3 is 2.22 bits per heavy atom. The summed E-state index contributed by atoms with van der Waals surface area (Å²) in [5.41, 5.74) is 0.897. The number of nitrogens with zero attached hydrogens (tertiary/aromatic N) is 2. The molecule has 7 rings (SSSR count). The van der Waals surface area contributed by atoms with Crippen molar-refractivity contribution in [3.63, 3.8) is 0 Å². The average Bonchev–Trinajstić information content (AvgIpc) is 3.20. The minimum atomic E-state index is -0.435. The lowest BCUT2D eigenvalue weighted by atomic mass is 9.16. The smallest absolute Gasteiger partial charge is 0.156 e. The minimum absolute atomic E-state index is 0.0298. The molecule has 0 bridgehead atoms. The molecule has 7 atom stereocenters. The van der Waals surface area contributed by atoms with E-state index in [2.05, 4.69) is 12.1 Å². The summed E-state index contributed by atoms with van der Waals surface area (Å²) in [6.45, 7) is 1.76. The summed E-state index contributed by atoms with van der Waals surface area (Å²) in [4.78, 5) is 12.6. The number of rotatable bonds is 2. The highest BCUT2D eigenvalue weighted by Crippen LogP contribution is 3.30. The molecule has 3 nitrogen and oxygen atoms in total. The predicted octanol–water partition coefficient (Wildman–Crippen LogP) is 0.977. The summed E-state index contributed by atoms with van der Waals surface area (Å²) >= 11 is 0. The molecule has 0 heterocycles. The minimum Gasteiger partial charge on any atom is -0.298 e. The highest BCUT2D eigenvalue weighted by atomic mass is 16.1. The molecule has 7 saturated carbocycles. The SMILES string of the molecule is CC(C#N)C(=O)C12C3C4C5(C#N)C6C1C61C5C43C21. The summed E-state index contributed by atoms with van der Waals surface area (Å²) in [6, 6.07) is 4.79. The molecular formula is C15H10N2O. The van der Waals surface area contributed by atoms with Crippen LogP contribution in [0.25, 0.3) is 0 Å². The molecule has 7 unspecified atom stereocenters. The Morgan fingerprint density at radius 2 is 1.72 bits per heavy atom. The van der Waals surface area contributed by atoms with Gasteiger partial charge < -0.3 is 0 Å². The Hall–Kier alpha value is -1.35. The average molecular weight is 234 g/mol. The maximum Gasteiger partial charge on any atom is 0.156 e. The van der Waals surface area contributed by atoms with Gasteiger partial charge in [-0.3, -0.25) is 4.79 Å². The predicted molar refractivity (Wildman–Crippen MR) is 56.1 cm³/mol. The molecule has 0 radical (unpaired) electrons. The fraction of sp³-hybridized carbons (Fsp3) is 0.800. The van der Waals surface area contributed by atoms with Gasteiger partial charge in [-0.25, -0.2) is 0 Å². The van der Waals surface area contributed by atoms with Crippen LogP contribution in [-0.4, -0.2) is 5.78 Å². The van der Waals surface area contributed by atoms with E-state index in [9.17, 15) is 10.1 Å². The van der Waals surface area contributed by atoms with Gasteiger partial charge in [0.05, 0.1) is 17.6 Å². The van der Waals surface area contributed by atoms with Crippen molar-refractivity contribution in [3.8, 4) is 12.1 Å². The highest BCUT2D eigenvalue weighted by molar-refractivity contribution is 6.01. The summed E-state index contributed by atoms with van der Waals surface area (Å²) in [5, 5.41) is 18.6. The largest absolute Gasteiger partial charge is 0.298 e. The Balaban J connectivity index is 1.47. The van der Waals surface area contributed by atoms with Crippen LogP contribution in [0, 0.1) is 85.7 Å². The summed E-state index contributed by atoms with van der Waals surface area (Å²) < 4.78 is 0. The summed E-state index contributed by atoms with van der Waals surface area (Å²) in [7, 11) is 0. The first-order valence-electron chi connectivity index (χ1n) is 7.01. The Bertz CT molecular complexity index is 709. The first kappa shape index (κ1) is 7.95. The molecule has 2 spiro atoms. The standard InChI is InChI=1S/C15H10N2O/c1-4(2-16)9(18)13-7-5-12(3-17)6-8(13)15(6)10(12)14(5,7)11(13)15/h4-8,10-11H,1H3. The third kappa shape index (κ3) is 0.264. The quantitative estimate of drug-likeness (QED) is 0.715. The number of nitriles is 2. The highest BCUT2D eigenvalue weighted by Gasteiger charge is 3.31. The Kier molecular flexibility index (Phi) is 0.627. The van der Waals surface area contributed by atoms with Crippen molar-refractivity contribution >= 4 is 5.78 Å². The second-order valence-electron chi connectivity index (χ2n) is 7.97. The molecule has 0 aromatic heterocycles. The van der Waals surface area contributed by atoms with Crippen LogP contribution in [0.3, 0.4) is 0 Å². The van der Waals surface area contributed by atoms with E-state index in [1.807, 2.05) is 0 Å². The fourth-order valence-corrected chi connectivity index (χ4v) is 9.61. The zero-order valence-corrected chi connectivity index (χ0v) is 9.84. The maximum absolute atomic E-state index is 12.6. The van der Waals surface area contributed by atoms with Crippen LogP contribution in [0.4, 0.5) is 0 Å². The molecule has 0 N–H and O–H groups in total. The normalized spacial score (nSPS) is 83.5. The third-order valence-corrected chi connectivity index (χ3v) is 8.82. The van der Waals surface area contributed by atoms with E-state index in [1.165, 1.54) is 0 Å². The fourth-order valence-electron chi connectivity index (χ4n) is 9.61. The van der Waals surface area contributed by atoms with E-state index in [4.69, 9.17) is 5.26 Å².